The molecule has 0 aliphatic heterocycles. The number of carbonyl (C=O) groups excluding carboxylic acids is 2. The smallest absolute Gasteiger partial charge is 0.433 e. The molecule has 5 rings (SSSR count). The van der Waals surface area contributed by atoms with Crippen molar-refractivity contribution in [1.82, 2.24) is 25.2 Å². The molecule has 10 nitrogen and oxygen atoms in total. The number of carbonyl (C=O) groups is 2. The van der Waals surface area contributed by atoms with Gasteiger partial charge in [0.2, 0.25) is 0 Å². The number of para-hydroxylation sites is 2. The van der Waals surface area contributed by atoms with Crippen LogP contribution in [0.1, 0.15) is 16.2 Å². The van der Waals surface area contributed by atoms with Gasteiger partial charge in [-0.3, -0.25) is 14.9 Å². The summed E-state index contributed by atoms with van der Waals surface area (Å²) in [5.74, 6) is 0.222. The van der Waals surface area contributed by atoms with Gasteiger partial charge in [0.25, 0.3) is 5.91 Å². The minimum absolute atomic E-state index is 0.0377. The van der Waals surface area contributed by atoms with Gasteiger partial charge in [-0.25, -0.2) is 14.8 Å². The van der Waals surface area contributed by atoms with Crippen LogP contribution in [0.3, 0.4) is 0 Å². The molecule has 190 valence electrons. The van der Waals surface area contributed by atoms with Gasteiger partial charge in [-0.2, -0.15) is 10.1 Å². The first-order valence-corrected chi connectivity index (χ1v) is 11.7. The van der Waals surface area contributed by atoms with Gasteiger partial charge < -0.3 is 9.47 Å². The van der Waals surface area contributed by atoms with Crippen molar-refractivity contribution in [2.45, 2.75) is 6.61 Å². The minimum Gasteiger partial charge on any atom is -0.482 e. The highest BCUT2D eigenvalue weighted by Gasteiger charge is 2.27. The zero-order valence-electron chi connectivity index (χ0n) is 20.7. The first kappa shape index (κ1) is 24.4. The van der Waals surface area contributed by atoms with E-state index in [1.165, 1.54) is 13.4 Å². The summed E-state index contributed by atoms with van der Waals surface area (Å²) in [5.41, 5.74) is 5.15. The molecule has 2 amide bonds. The van der Waals surface area contributed by atoms with Crippen molar-refractivity contribution in [2.24, 2.45) is 7.05 Å². The van der Waals surface area contributed by atoms with Crippen molar-refractivity contribution in [2.75, 3.05) is 12.1 Å². The number of hydrogen-bond donors (Lipinski definition) is 1. The lowest BCUT2D eigenvalue weighted by molar-refractivity contribution is 0.0938. The van der Waals surface area contributed by atoms with Crippen LogP contribution in [0.4, 0.5) is 10.5 Å². The Kier molecular flexibility index (Phi) is 6.94. The summed E-state index contributed by atoms with van der Waals surface area (Å²) in [6, 6.07) is 25.4. The zero-order chi connectivity index (χ0) is 26.5. The Hall–Kier alpha value is -5.25. The van der Waals surface area contributed by atoms with Crippen LogP contribution >= 0.6 is 0 Å². The van der Waals surface area contributed by atoms with Crippen molar-refractivity contribution < 1.29 is 19.1 Å². The second-order valence-corrected chi connectivity index (χ2v) is 8.22. The van der Waals surface area contributed by atoms with E-state index in [1.54, 1.807) is 42.1 Å². The average Bonchev–Trinajstić information content (AvgIpc) is 3.38. The maximum Gasteiger partial charge on any atom is 0.433 e. The second-order valence-electron chi connectivity index (χ2n) is 8.22. The molecule has 38 heavy (non-hydrogen) atoms. The summed E-state index contributed by atoms with van der Waals surface area (Å²) in [7, 11) is 3.00. The van der Waals surface area contributed by atoms with E-state index in [-0.39, 0.29) is 17.9 Å². The zero-order valence-corrected chi connectivity index (χ0v) is 20.7. The average molecular weight is 509 g/mol. The number of aryl methyl sites for hydroxylation is 1. The molecule has 0 fully saturated rings. The van der Waals surface area contributed by atoms with E-state index in [4.69, 9.17) is 14.5 Å². The number of ether oxygens (including phenoxy) is 2. The fourth-order valence-corrected chi connectivity index (χ4v) is 3.98. The molecule has 0 saturated carbocycles. The summed E-state index contributed by atoms with van der Waals surface area (Å²) in [6.07, 6.45) is 0.671. The molecule has 0 unspecified atom stereocenters. The summed E-state index contributed by atoms with van der Waals surface area (Å²) in [4.78, 5) is 35.7. The van der Waals surface area contributed by atoms with Gasteiger partial charge in [0.15, 0.2) is 11.6 Å². The van der Waals surface area contributed by atoms with Crippen LogP contribution in [0, 0.1) is 0 Å². The van der Waals surface area contributed by atoms with Crippen molar-refractivity contribution in [1.29, 1.82) is 0 Å². The number of anilines is 1. The van der Waals surface area contributed by atoms with E-state index in [2.05, 4.69) is 15.5 Å². The summed E-state index contributed by atoms with van der Waals surface area (Å²) in [6.45, 7) is 0.0377. The Morgan fingerprint density at radius 1 is 0.947 bits per heavy atom. The normalized spacial score (nSPS) is 10.7. The minimum atomic E-state index is -0.757. The van der Waals surface area contributed by atoms with Crippen LogP contribution in [0.2, 0.25) is 0 Å². The molecule has 0 aliphatic carbocycles. The topological polar surface area (TPSA) is 111 Å². The molecule has 3 aromatic carbocycles. The highest BCUT2D eigenvalue weighted by atomic mass is 16.5. The molecule has 10 heteroatoms. The Balaban J connectivity index is 1.67. The number of hydrogen-bond acceptors (Lipinski definition) is 7. The summed E-state index contributed by atoms with van der Waals surface area (Å²) < 4.78 is 12.8. The molecule has 0 aliphatic rings. The van der Waals surface area contributed by atoms with Crippen LogP contribution < -0.4 is 15.2 Å². The van der Waals surface area contributed by atoms with Crippen LogP contribution in [0.15, 0.2) is 91.3 Å². The molecule has 2 heterocycles. The third kappa shape index (κ3) is 4.87. The lowest BCUT2D eigenvalue weighted by atomic mass is 10.0. The van der Waals surface area contributed by atoms with E-state index in [0.29, 0.717) is 28.1 Å². The van der Waals surface area contributed by atoms with Crippen molar-refractivity contribution in [3.05, 3.63) is 103 Å². The number of nitrogens with one attached hydrogen (secondary N) is 1. The standard InChI is InChI=1S/C28H24N6O4/c1-33-23(29-18-30-33)17-38-26-24(27(35)32-34(28(36)37-2)20-13-7-4-8-14-20)21-15-9-10-16-22(21)31-25(26)19-11-5-3-6-12-19/h3-16,18H,17H2,1-2H3,(H,32,35). The number of amides is 2. The number of aromatic nitrogens is 4. The van der Waals surface area contributed by atoms with Gasteiger partial charge in [-0.1, -0.05) is 66.7 Å². The molecule has 1 N–H and O–H groups in total. The molecule has 5 aromatic rings. The lowest BCUT2D eigenvalue weighted by Crippen LogP contribution is -2.46. The lowest BCUT2D eigenvalue weighted by Gasteiger charge is -2.23. The molecule has 0 bridgehead atoms. The van der Waals surface area contributed by atoms with E-state index < -0.39 is 12.0 Å². The van der Waals surface area contributed by atoms with Crippen molar-refractivity contribution in [3.63, 3.8) is 0 Å². The molecular formula is C28H24N6O4. The van der Waals surface area contributed by atoms with Crippen LogP contribution in [0.25, 0.3) is 22.2 Å². The quantitative estimate of drug-likeness (QED) is 0.336. The Morgan fingerprint density at radius 2 is 1.63 bits per heavy atom. The van der Waals surface area contributed by atoms with E-state index in [1.807, 2.05) is 54.6 Å². The summed E-state index contributed by atoms with van der Waals surface area (Å²) in [5, 5.41) is 5.69. The molecule has 0 saturated heterocycles. The number of nitrogens with zero attached hydrogens (tertiary/aromatic N) is 5. The van der Waals surface area contributed by atoms with Gasteiger partial charge in [-0.05, 0) is 18.2 Å². The van der Waals surface area contributed by atoms with Crippen molar-refractivity contribution in [3.8, 4) is 17.0 Å². The van der Waals surface area contributed by atoms with Crippen LogP contribution in [-0.2, 0) is 18.4 Å². The molecule has 0 radical (unpaired) electrons. The number of hydrazine groups is 1. The maximum absolute atomic E-state index is 14.0. The highest BCUT2D eigenvalue weighted by molar-refractivity contribution is 6.12. The largest absolute Gasteiger partial charge is 0.482 e. The predicted molar refractivity (Wildman–Crippen MR) is 141 cm³/mol. The van der Waals surface area contributed by atoms with Gasteiger partial charge >= 0.3 is 6.09 Å². The van der Waals surface area contributed by atoms with E-state index >= 15 is 0 Å². The van der Waals surface area contributed by atoms with Gasteiger partial charge in [-0.15, -0.1) is 0 Å². The van der Waals surface area contributed by atoms with E-state index in [9.17, 15) is 9.59 Å². The highest BCUT2D eigenvalue weighted by Crippen LogP contribution is 2.37. The first-order chi connectivity index (χ1) is 18.6. The first-order valence-electron chi connectivity index (χ1n) is 11.7. The Labute approximate surface area is 218 Å². The van der Waals surface area contributed by atoms with Gasteiger partial charge in [0, 0.05) is 18.0 Å². The molecule has 2 aromatic heterocycles. The molecule has 0 spiro atoms. The monoisotopic (exact) mass is 508 g/mol. The third-order valence-corrected chi connectivity index (χ3v) is 5.86. The van der Waals surface area contributed by atoms with E-state index in [0.717, 1.165) is 10.6 Å². The van der Waals surface area contributed by atoms with Crippen LogP contribution in [0.5, 0.6) is 5.75 Å². The number of methoxy groups -OCH3 is 1. The molecular weight excluding hydrogens is 484 g/mol. The van der Waals surface area contributed by atoms with Crippen LogP contribution in [-0.4, -0.2) is 38.9 Å². The number of fused-ring (bicyclic) bond motifs is 1. The fraction of sp³-hybridized carbons (Fsp3) is 0.107. The number of rotatable bonds is 6. The second kappa shape index (κ2) is 10.8. The fourth-order valence-electron chi connectivity index (χ4n) is 3.98. The number of pyridine rings is 1. The Bertz CT molecular complexity index is 1590. The predicted octanol–water partition coefficient (Wildman–Crippen LogP) is 4.53. The van der Waals surface area contributed by atoms with Crippen molar-refractivity contribution >= 4 is 28.6 Å². The number of benzene rings is 3. The summed E-state index contributed by atoms with van der Waals surface area (Å²) >= 11 is 0. The SMILES string of the molecule is COC(=O)N(NC(=O)c1c(OCc2ncnn2C)c(-c2ccccc2)nc2ccccc12)c1ccccc1. The molecule has 0 atom stereocenters. The Morgan fingerprint density at radius 3 is 2.32 bits per heavy atom. The third-order valence-electron chi connectivity index (χ3n) is 5.86. The van der Waals surface area contributed by atoms with Gasteiger partial charge in [0.05, 0.1) is 23.9 Å². The maximum atomic E-state index is 14.0. The van der Waals surface area contributed by atoms with Gasteiger partial charge in [0.1, 0.15) is 18.6 Å².